The van der Waals surface area contributed by atoms with Gasteiger partial charge in [-0.15, -0.1) is 0 Å². The number of aliphatic hydroxyl groups excluding tert-OH is 3. The van der Waals surface area contributed by atoms with Crippen LogP contribution < -0.4 is 0 Å². The van der Waals surface area contributed by atoms with Gasteiger partial charge in [0.15, 0.2) is 0 Å². The smallest absolute Gasteiger partial charge is 0.0856 e. The van der Waals surface area contributed by atoms with Crippen LogP contribution in [0, 0.1) is 0 Å². The Bertz CT molecular complexity index is 516. The molecule has 2 aromatic heterocycles. The summed E-state index contributed by atoms with van der Waals surface area (Å²) in [7, 11) is 0. The first-order valence-electron chi connectivity index (χ1n) is 5.37. The number of hydrogen-bond donors (Lipinski definition) is 3. The Morgan fingerprint density at radius 3 is 2.82 bits per heavy atom. The van der Waals surface area contributed by atoms with E-state index in [9.17, 15) is 10.2 Å². The molecule has 0 aliphatic heterocycles. The zero-order valence-corrected chi connectivity index (χ0v) is 9.24. The summed E-state index contributed by atoms with van der Waals surface area (Å²) in [6.45, 7) is -0.498. The van der Waals surface area contributed by atoms with Gasteiger partial charge in [0.05, 0.1) is 30.5 Å². The number of aliphatic hydroxyl groups is 3. The molecule has 5 nitrogen and oxygen atoms in total. The van der Waals surface area contributed by atoms with Crippen molar-refractivity contribution < 1.29 is 15.3 Å². The van der Waals surface area contributed by atoms with Crippen LogP contribution in [-0.4, -0.2) is 38.0 Å². The van der Waals surface area contributed by atoms with Crippen LogP contribution in [-0.2, 0) is 13.0 Å². The molecule has 5 heteroatoms. The summed E-state index contributed by atoms with van der Waals surface area (Å²) in [5.74, 6) is 0. The fourth-order valence-corrected chi connectivity index (χ4v) is 1.73. The highest BCUT2D eigenvalue weighted by Crippen LogP contribution is 2.17. The summed E-state index contributed by atoms with van der Waals surface area (Å²) in [6, 6.07) is 3.60. The highest BCUT2D eigenvalue weighted by atomic mass is 16.3. The van der Waals surface area contributed by atoms with Gasteiger partial charge in [0.2, 0.25) is 0 Å². The molecule has 0 aliphatic rings. The van der Waals surface area contributed by atoms with Crippen molar-refractivity contribution in [2.45, 2.75) is 19.1 Å². The van der Waals surface area contributed by atoms with Crippen LogP contribution in [0.5, 0.6) is 0 Å². The second-order valence-electron chi connectivity index (χ2n) is 3.86. The van der Waals surface area contributed by atoms with Gasteiger partial charge in [-0.25, -0.2) is 4.98 Å². The van der Waals surface area contributed by atoms with Crippen LogP contribution in [0.1, 0.15) is 11.3 Å². The van der Waals surface area contributed by atoms with Crippen LogP contribution in [0.3, 0.4) is 0 Å². The van der Waals surface area contributed by atoms with Crippen molar-refractivity contribution >= 4 is 10.9 Å². The Morgan fingerprint density at radius 2 is 2.12 bits per heavy atom. The van der Waals surface area contributed by atoms with Crippen molar-refractivity contribution in [2.75, 3.05) is 6.61 Å². The van der Waals surface area contributed by atoms with E-state index in [-0.39, 0.29) is 19.6 Å². The standard InChI is InChI=1S/C12H14N2O3/c15-6-10(17)4-8-3-9-5-13-2-1-11(9)14-12(8)7-16/h1-3,5,10,15-17H,4,6-7H2. The van der Waals surface area contributed by atoms with E-state index in [4.69, 9.17) is 5.11 Å². The molecule has 2 rings (SSSR count). The average Bonchev–Trinajstić information content (AvgIpc) is 2.37. The minimum atomic E-state index is -0.837. The molecular weight excluding hydrogens is 220 g/mol. The van der Waals surface area contributed by atoms with E-state index in [1.807, 2.05) is 6.07 Å². The molecule has 3 N–H and O–H groups in total. The topological polar surface area (TPSA) is 86.5 Å². The first-order chi connectivity index (χ1) is 8.24. The van der Waals surface area contributed by atoms with Crippen LogP contribution in [0.4, 0.5) is 0 Å². The fraction of sp³-hybridized carbons (Fsp3) is 0.333. The highest BCUT2D eigenvalue weighted by Gasteiger charge is 2.10. The maximum Gasteiger partial charge on any atom is 0.0856 e. The summed E-state index contributed by atoms with van der Waals surface area (Å²) in [6.07, 6.45) is 2.75. The molecule has 1 unspecified atom stereocenters. The minimum absolute atomic E-state index is 0.189. The molecule has 0 spiro atoms. The van der Waals surface area contributed by atoms with Gasteiger partial charge in [-0.3, -0.25) is 4.98 Å². The van der Waals surface area contributed by atoms with Gasteiger partial charge in [0.1, 0.15) is 0 Å². The normalized spacial score (nSPS) is 12.9. The first kappa shape index (κ1) is 11.9. The average molecular weight is 234 g/mol. The Hall–Kier alpha value is -1.56. The molecular formula is C12H14N2O3. The Balaban J connectivity index is 2.45. The molecule has 17 heavy (non-hydrogen) atoms. The predicted molar refractivity (Wildman–Crippen MR) is 62.3 cm³/mol. The lowest BCUT2D eigenvalue weighted by Crippen LogP contribution is -2.16. The van der Waals surface area contributed by atoms with Gasteiger partial charge in [0.25, 0.3) is 0 Å². The number of nitrogens with zero attached hydrogens (tertiary/aromatic N) is 2. The van der Waals surface area contributed by atoms with Crippen molar-refractivity contribution in [1.82, 2.24) is 9.97 Å². The lowest BCUT2D eigenvalue weighted by molar-refractivity contribution is 0.0950. The Labute approximate surface area is 98.4 Å². The van der Waals surface area contributed by atoms with Gasteiger partial charge < -0.3 is 15.3 Å². The van der Waals surface area contributed by atoms with Crippen LogP contribution in [0.2, 0.25) is 0 Å². The Kier molecular flexibility index (Phi) is 3.63. The highest BCUT2D eigenvalue weighted by molar-refractivity contribution is 5.78. The zero-order valence-electron chi connectivity index (χ0n) is 9.24. The fourth-order valence-electron chi connectivity index (χ4n) is 1.73. The number of pyridine rings is 2. The van der Waals surface area contributed by atoms with Gasteiger partial charge in [-0.1, -0.05) is 0 Å². The third-order valence-electron chi connectivity index (χ3n) is 2.60. The second kappa shape index (κ2) is 5.18. The minimum Gasteiger partial charge on any atom is -0.394 e. The van der Waals surface area contributed by atoms with Gasteiger partial charge in [0, 0.05) is 24.2 Å². The number of fused-ring (bicyclic) bond motifs is 1. The summed E-state index contributed by atoms with van der Waals surface area (Å²) in [4.78, 5) is 8.29. The van der Waals surface area contributed by atoms with E-state index < -0.39 is 6.10 Å². The van der Waals surface area contributed by atoms with Crippen LogP contribution in [0.25, 0.3) is 10.9 Å². The van der Waals surface area contributed by atoms with Crippen molar-refractivity contribution in [3.8, 4) is 0 Å². The lowest BCUT2D eigenvalue weighted by Gasteiger charge is -2.11. The van der Waals surface area contributed by atoms with E-state index in [0.29, 0.717) is 5.69 Å². The van der Waals surface area contributed by atoms with Gasteiger partial charge in [-0.2, -0.15) is 0 Å². The van der Waals surface area contributed by atoms with E-state index in [0.717, 1.165) is 16.5 Å². The molecule has 0 fully saturated rings. The van der Waals surface area contributed by atoms with E-state index in [1.54, 1.807) is 18.5 Å². The summed E-state index contributed by atoms with van der Waals surface area (Å²) in [5, 5.41) is 28.3. The van der Waals surface area contributed by atoms with E-state index in [1.165, 1.54) is 0 Å². The van der Waals surface area contributed by atoms with Crippen molar-refractivity contribution in [3.05, 3.63) is 35.8 Å². The number of rotatable bonds is 4. The second-order valence-corrected chi connectivity index (χ2v) is 3.86. The van der Waals surface area contributed by atoms with E-state index >= 15 is 0 Å². The molecule has 0 saturated carbocycles. The number of aromatic nitrogens is 2. The van der Waals surface area contributed by atoms with Crippen molar-refractivity contribution in [1.29, 1.82) is 0 Å². The van der Waals surface area contributed by atoms with Gasteiger partial charge in [-0.05, 0) is 17.7 Å². The molecule has 0 aromatic carbocycles. The molecule has 0 bridgehead atoms. The summed E-state index contributed by atoms with van der Waals surface area (Å²) in [5.41, 5.74) is 2.01. The summed E-state index contributed by atoms with van der Waals surface area (Å²) >= 11 is 0. The van der Waals surface area contributed by atoms with Crippen molar-refractivity contribution in [2.24, 2.45) is 0 Å². The third-order valence-corrected chi connectivity index (χ3v) is 2.60. The van der Waals surface area contributed by atoms with Crippen molar-refractivity contribution in [3.63, 3.8) is 0 Å². The molecule has 0 saturated heterocycles. The molecule has 0 radical (unpaired) electrons. The monoisotopic (exact) mass is 234 g/mol. The quantitative estimate of drug-likeness (QED) is 0.694. The van der Waals surface area contributed by atoms with Crippen LogP contribution >= 0.6 is 0 Å². The summed E-state index contributed by atoms with van der Waals surface area (Å²) < 4.78 is 0. The zero-order chi connectivity index (χ0) is 12.3. The molecule has 0 aliphatic carbocycles. The molecule has 90 valence electrons. The lowest BCUT2D eigenvalue weighted by atomic mass is 10.0. The number of hydrogen-bond acceptors (Lipinski definition) is 5. The third kappa shape index (κ3) is 2.58. The first-order valence-corrected chi connectivity index (χ1v) is 5.37. The van der Waals surface area contributed by atoms with Gasteiger partial charge >= 0.3 is 0 Å². The van der Waals surface area contributed by atoms with E-state index in [2.05, 4.69) is 9.97 Å². The Morgan fingerprint density at radius 1 is 1.29 bits per heavy atom. The maximum atomic E-state index is 9.43. The molecule has 2 heterocycles. The predicted octanol–water partition coefficient (Wildman–Crippen LogP) is 0.0178. The molecule has 1 atom stereocenters. The largest absolute Gasteiger partial charge is 0.394 e. The van der Waals surface area contributed by atoms with Crippen LogP contribution in [0.15, 0.2) is 24.5 Å². The molecule has 0 amide bonds. The SMILES string of the molecule is OCc1nc2ccncc2cc1CC(O)CO. The maximum absolute atomic E-state index is 9.43. The molecule has 2 aromatic rings.